The van der Waals surface area contributed by atoms with Crippen LogP contribution in [-0.4, -0.2) is 19.4 Å². The smallest absolute Gasteiger partial charge is 0.120 e. The lowest BCUT2D eigenvalue weighted by Crippen LogP contribution is -2.33. The number of hydrogen-bond acceptors (Lipinski definition) is 2. The molecule has 1 heterocycles. The molecule has 0 bridgehead atoms. The summed E-state index contributed by atoms with van der Waals surface area (Å²) in [6, 6.07) is 5.73. The van der Waals surface area contributed by atoms with Crippen molar-refractivity contribution in [3.63, 3.8) is 0 Å². The van der Waals surface area contributed by atoms with E-state index in [1.807, 2.05) is 18.2 Å². The number of rotatable bonds is 3. The molecule has 1 fully saturated rings. The molecule has 1 aliphatic heterocycles. The molecule has 1 aliphatic rings. The standard InChI is InChI=1S/C13H15Cl2NO/c14-12-2-1-11(9-13(12)15)16-6-3-10(4-7-16)5-8-17/h1-2,8-10H,3-7H2. The van der Waals surface area contributed by atoms with Gasteiger partial charge in [0.15, 0.2) is 0 Å². The highest BCUT2D eigenvalue weighted by molar-refractivity contribution is 6.42. The van der Waals surface area contributed by atoms with Gasteiger partial charge in [0.05, 0.1) is 10.0 Å². The van der Waals surface area contributed by atoms with Gasteiger partial charge in [-0.15, -0.1) is 0 Å². The summed E-state index contributed by atoms with van der Waals surface area (Å²) in [5, 5.41) is 1.19. The Balaban J connectivity index is 2.00. The Bertz CT molecular complexity index is 400. The van der Waals surface area contributed by atoms with E-state index in [9.17, 15) is 4.79 Å². The third-order valence-corrected chi connectivity index (χ3v) is 4.05. The Kier molecular flexibility index (Phi) is 4.30. The molecule has 0 unspecified atom stereocenters. The monoisotopic (exact) mass is 271 g/mol. The SMILES string of the molecule is O=CCC1CCN(c2ccc(Cl)c(Cl)c2)CC1. The lowest BCUT2D eigenvalue weighted by atomic mass is 9.94. The van der Waals surface area contributed by atoms with E-state index in [0.717, 1.165) is 37.9 Å². The summed E-state index contributed by atoms with van der Waals surface area (Å²) in [4.78, 5) is 12.8. The van der Waals surface area contributed by atoms with Gasteiger partial charge in [0, 0.05) is 25.2 Å². The predicted molar refractivity (Wildman–Crippen MR) is 72.1 cm³/mol. The van der Waals surface area contributed by atoms with E-state index >= 15 is 0 Å². The molecule has 17 heavy (non-hydrogen) atoms. The second kappa shape index (κ2) is 5.74. The van der Waals surface area contributed by atoms with Crippen molar-refractivity contribution >= 4 is 35.2 Å². The van der Waals surface area contributed by atoms with Crippen LogP contribution >= 0.6 is 23.2 Å². The topological polar surface area (TPSA) is 20.3 Å². The number of hydrogen-bond donors (Lipinski definition) is 0. The molecule has 0 aromatic heterocycles. The number of piperidine rings is 1. The molecule has 2 nitrogen and oxygen atoms in total. The van der Waals surface area contributed by atoms with Gasteiger partial charge in [0.2, 0.25) is 0 Å². The van der Waals surface area contributed by atoms with Crippen LogP contribution in [0.4, 0.5) is 5.69 Å². The van der Waals surface area contributed by atoms with E-state index in [4.69, 9.17) is 23.2 Å². The zero-order valence-electron chi connectivity index (χ0n) is 9.53. The van der Waals surface area contributed by atoms with Crippen molar-refractivity contribution < 1.29 is 4.79 Å². The fraction of sp³-hybridized carbons (Fsp3) is 0.462. The van der Waals surface area contributed by atoms with Gasteiger partial charge >= 0.3 is 0 Å². The molecule has 4 heteroatoms. The van der Waals surface area contributed by atoms with Crippen molar-refractivity contribution in [1.29, 1.82) is 0 Å². The molecule has 0 radical (unpaired) electrons. The normalized spacial score (nSPS) is 17.2. The van der Waals surface area contributed by atoms with Gasteiger partial charge in [-0.2, -0.15) is 0 Å². The maximum absolute atomic E-state index is 10.5. The maximum Gasteiger partial charge on any atom is 0.120 e. The van der Waals surface area contributed by atoms with Crippen LogP contribution in [0.2, 0.25) is 10.0 Å². The van der Waals surface area contributed by atoms with Crippen LogP contribution in [0.15, 0.2) is 18.2 Å². The van der Waals surface area contributed by atoms with E-state index in [2.05, 4.69) is 4.90 Å². The average molecular weight is 272 g/mol. The first kappa shape index (κ1) is 12.7. The molecule has 1 aromatic rings. The van der Waals surface area contributed by atoms with Gasteiger partial charge in [0.1, 0.15) is 6.29 Å². The van der Waals surface area contributed by atoms with Crippen LogP contribution in [0.3, 0.4) is 0 Å². The Labute approximate surface area is 112 Å². The lowest BCUT2D eigenvalue weighted by molar-refractivity contribution is -0.108. The molecule has 0 atom stereocenters. The molecule has 0 spiro atoms. The summed E-state index contributed by atoms with van der Waals surface area (Å²) < 4.78 is 0. The summed E-state index contributed by atoms with van der Waals surface area (Å²) in [5.41, 5.74) is 1.11. The largest absolute Gasteiger partial charge is 0.371 e. The van der Waals surface area contributed by atoms with Crippen molar-refractivity contribution in [2.75, 3.05) is 18.0 Å². The van der Waals surface area contributed by atoms with Crippen LogP contribution in [-0.2, 0) is 4.79 Å². The minimum atomic E-state index is 0.548. The molecular formula is C13H15Cl2NO. The van der Waals surface area contributed by atoms with Crippen LogP contribution in [0, 0.1) is 5.92 Å². The Morgan fingerprint density at radius 2 is 1.94 bits per heavy atom. The van der Waals surface area contributed by atoms with E-state index in [0.29, 0.717) is 22.4 Å². The van der Waals surface area contributed by atoms with E-state index in [1.165, 1.54) is 0 Å². The van der Waals surface area contributed by atoms with E-state index in [1.54, 1.807) is 0 Å². The highest BCUT2D eigenvalue weighted by Gasteiger charge is 2.19. The van der Waals surface area contributed by atoms with Crippen LogP contribution < -0.4 is 4.90 Å². The molecule has 0 saturated carbocycles. The number of nitrogens with zero attached hydrogens (tertiary/aromatic N) is 1. The summed E-state index contributed by atoms with van der Waals surface area (Å²) in [6.07, 6.45) is 3.85. The molecular weight excluding hydrogens is 257 g/mol. The van der Waals surface area contributed by atoms with Crippen molar-refractivity contribution in [1.82, 2.24) is 0 Å². The van der Waals surface area contributed by atoms with Crippen LogP contribution in [0.1, 0.15) is 19.3 Å². The number of carbonyl (C=O) groups is 1. The molecule has 1 aromatic carbocycles. The molecule has 0 aliphatic carbocycles. The number of halogens is 2. The van der Waals surface area contributed by atoms with Crippen molar-refractivity contribution in [2.45, 2.75) is 19.3 Å². The average Bonchev–Trinajstić information content (AvgIpc) is 2.34. The second-order valence-corrected chi connectivity index (χ2v) is 5.25. The third kappa shape index (κ3) is 3.14. The van der Waals surface area contributed by atoms with E-state index in [-0.39, 0.29) is 0 Å². The zero-order valence-corrected chi connectivity index (χ0v) is 11.0. The van der Waals surface area contributed by atoms with Gasteiger partial charge in [-0.05, 0) is 37.0 Å². The van der Waals surface area contributed by atoms with Gasteiger partial charge in [-0.3, -0.25) is 0 Å². The summed E-state index contributed by atoms with van der Waals surface area (Å²) in [5.74, 6) is 0.548. The first-order valence-corrected chi connectivity index (χ1v) is 6.60. The summed E-state index contributed by atoms with van der Waals surface area (Å²) >= 11 is 11.9. The van der Waals surface area contributed by atoms with Crippen LogP contribution in [0.5, 0.6) is 0 Å². The minimum Gasteiger partial charge on any atom is -0.371 e. The number of benzene rings is 1. The van der Waals surface area contributed by atoms with E-state index < -0.39 is 0 Å². The zero-order chi connectivity index (χ0) is 12.3. The first-order valence-electron chi connectivity index (χ1n) is 5.84. The third-order valence-electron chi connectivity index (χ3n) is 3.31. The fourth-order valence-corrected chi connectivity index (χ4v) is 2.54. The van der Waals surface area contributed by atoms with Gasteiger partial charge in [-0.25, -0.2) is 0 Å². The fourth-order valence-electron chi connectivity index (χ4n) is 2.24. The Morgan fingerprint density at radius 3 is 2.53 bits per heavy atom. The molecule has 0 N–H and O–H groups in total. The predicted octanol–water partition coefficient (Wildman–Crippen LogP) is 3.80. The summed E-state index contributed by atoms with van der Waals surface area (Å²) in [6.45, 7) is 1.97. The van der Waals surface area contributed by atoms with Gasteiger partial charge in [-0.1, -0.05) is 23.2 Å². The quantitative estimate of drug-likeness (QED) is 0.780. The minimum absolute atomic E-state index is 0.548. The second-order valence-electron chi connectivity index (χ2n) is 4.43. The number of anilines is 1. The van der Waals surface area contributed by atoms with Crippen molar-refractivity contribution in [3.8, 4) is 0 Å². The molecule has 0 amide bonds. The Hall–Kier alpha value is -0.730. The Morgan fingerprint density at radius 1 is 1.24 bits per heavy atom. The highest BCUT2D eigenvalue weighted by Crippen LogP contribution is 2.30. The lowest BCUT2D eigenvalue weighted by Gasteiger charge is -2.33. The van der Waals surface area contributed by atoms with Crippen molar-refractivity contribution in [2.24, 2.45) is 5.92 Å². The number of carbonyl (C=O) groups excluding carboxylic acids is 1. The van der Waals surface area contributed by atoms with Crippen molar-refractivity contribution in [3.05, 3.63) is 28.2 Å². The first-order chi connectivity index (χ1) is 8.20. The maximum atomic E-state index is 10.5. The number of aldehydes is 1. The van der Waals surface area contributed by atoms with Crippen LogP contribution in [0.25, 0.3) is 0 Å². The van der Waals surface area contributed by atoms with Gasteiger partial charge < -0.3 is 9.69 Å². The van der Waals surface area contributed by atoms with Gasteiger partial charge in [0.25, 0.3) is 0 Å². The highest BCUT2D eigenvalue weighted by atomic mass is 35.5. The molecule has 92 valence electrons. The molecule has 1 saturated heterocycles. The summed E-state index contributed by atoms with van der Waals surface area (Å²) in [7, 11) is 0. The molecule has 2 rings (SSSR count).